The van der Waals surface area contributed by atoms with Crippen LogP contribution in [0.15, 0.2) is 12.3 Å². The highest BCUT2D eigenvalue weighted by Crippen LogP contribution is 2.12. The fraction of sp³-hybridized carbons (Fsp3) is 0.600. The zero-order valence-electron chi connectivity index (χ0n) is 12.1. The Morgan fingerprint density at radius 2 is 2.30 bits per heavy atom. The lowest BCUT2D eigenvalue weighted by Crippen LogP contribution is -2.31. The van der Waals surface area contributed by atoms with Crippen molar-refractivity contribution in [1.29, 1.82) is 0 Å². The first-order valence-corrected chi connectivity index (χ1v) is 7.17. The molecule has 1 aliphatic rings. The lowest BCUT2D eigenvalue weighted by molar-refractivity contribution is 0.0854. The molecular formula is C15H22N2O3. The summed E-state index contributed by atoms with van der Waals surface area (Å²) in [7, 11) is 0. The second-order valence-corrected chi connectivity index (χ2v) is 5.67. The molecule has 0 spiro atoms. The van der Waals surface area contributed by atoms with Gasteiger partial charge in [0, 0.05) is 31.3 Å². The van der Waals surface area contributed by atoms with E-state index in [2.05, 4.69) is 10.3 Å². The molecule has 2 heterocycles. The molecule has 0 unspecified atom stereocenters. The van der Waals surface area contributed by atoms with E-state index in [-0.39, 0.29) is 17.8 Å². The molecule has 1 saturated heterocycles. The fourth-order valence-electron chi connectivity index (χ4n) is 2.28. The van der Waals surface area contributed by atoms with E-state index in [4.69, 9.17) is 4.74 Å². The van der Waals surface area contributed by atoms with Gasteiger partial charge in [-0.3, -0.25) is 9.59 Å². The van der Waals surface area contributed by atoms with E-state index in [1.165, 1.54) is 0 Å². The first kappa shape index (κ1) is 14.8. The number of ether oxygens (including phenoxy) is 1. The van der Waals surface area contributed by atoms with Crippen LogP contribution in [-0.2, 0) is 4.74 Å². The molecule has 1 amide bonds. The van der Waals surface area contributed by atoms with Gasteiger partial charge >= 0.3 is 0 Å². The zero-order chi connectivity index (χ0) is 14.5. The third-order valence-electron chi connectivity index (χ3n) is 3.36. The minimum Gasteiger partial charge on any atom is -0.376 e. The Balaban J connectivity index is 1.87. The molecule has 1 aromatic rings. The van der Waals surface area contributed by atoms with E-state index in [0.717, 1.165) is 19.4 Å². The molecule has 20 heavy (non-hydrogen) atoms. The Morgan fingerprint density at radius 1 is 1.50 bits per heavy atom. The maximum atomic E-state index is 12.0. The summed E-state index contributed by atoms with van der Waals surface area (Å²) >= 11 is 0. The van der Waals surface area contributed by atoms with Gasteiger partial charge in [0.2, 0.25) is 0 Å². The molecule has 2 rings (SSSR count). The average Bonchev–Trinajstić information content (AvgIpc) is 3.06. The van der Waals surface area contributed by atoms with Crippen LogP contribution in [0.2, 0.25) is 0 Å². The molecule has 5 nitrogen and oxygen atoms in total. The van der Waals surface area contributed by atoms with E-state index >= 15 is 0 Å². The molecule has 2 N–H and O–H groups in total. The number of amides is 1. The van der Waals surface area contributed by atoms with Gasteiger partial charge in [0.1, 0.15) is 5.69 Å². The van der Waals surface area contributed by atoms with Crippen LogP contribution in [0.1, 0.15) is 54.0 Å². The second-order valence-electron chi connectivity index (χ2n) is 5.67. The maximum Gasteiger partial charge on any atom is 0.267 e. The fourth-order valence-corrected chi connectivity index (χ4v) is 2.28. The number of H-pyrrole nitrogens is 1. The van der Waals surface area contributed by atoms with Crippen molar-refractivity contribution in [1.82, 2.24) is 10.3 Å². The third-order valence-corrected chi connectivity index (χ3v) is 3.36. The van der Waals surface area contributed by atoms with Gasteiger partial charge in [-0.2, -0.15) is 0 Å². The Morgan fingerprint density at radius 3 is 2.95 bits per heavy atom. The number of hydrogen-bond donors (Lipinski definition) is 2. The topological polar surface area (TPSA) is 71.2 Å². The number of carbonyl (C=O) groups is 2. The lowest BCUT2D eigenvalue weighted by atomic mass is 10.0. The molecule has 0 radical (unpaired) electrons. The average molecular weight is 278 g/mol. The Kier molecular flexibility index (Phi) is 4.95. The van der Waals surface area contributed by atoms with Crippen molar-refractivity contribution >= 4 is 11.7 Å². The smallest absolute Gasteiger partial charge is 0.267 e. The number of aromatic nitrogens is 1. The maximum absolute atomic E-state index is 12.0. The Hall–Kier alpha value is -1.62. The number of aromatic amines is 1. The molecule has 0 aromatic carbocycles. The molecule has 1 aliphatic heterocycles. The number of hydrogen-bond acceptors (Lipinski definition) is 3. The van der Waals surface area contributed by atoms with Crippen molar-refractivity contribution in [3.8, 4) is 0 Å². The number of rotatable bonds is 6. The van der Waals surface area contributed by atoms with E-state index in [9.17, 15) is 9.59 Å². The standard InChI is InChI=1S/C15H22N2O3/c1-10(2)6-14(18)11-7-13(16-8-11)15(19)17-9-12-4-3-5-20-12/h7-8,10,12,16H,3-6,9H2,1-2H3,(H,17,19)/t12-/m1/s1. The molecule has 1 aromatic heterocycles. The monoisotopic (exact) mass is 278 g/mol. The number of nitrogens with one attached hydrogen (secondary N) is 2. The number of carbonyl (C=O) groups excluding carboxylic acids is 2. The lowest BCUT2D eigenvalue weighted by Gasteiger charge is -2.09. The van der Waals surface area contributed by atoms with Crippen LogP contribution in [-0.4, -0.2) is 35.9 Å². The van der Waals surface area contributed by atoms with Gasteiger partial charge in [0.15, 0.2) is 5.78 Å². The SMILES string of the molecule is CC(C)CC(=O)c1c[nH]c(C(=O)NC[C@H]2CCCO2)c1. The van der Waals surface area contributed by atoms with Crippen LogP contribution >= 0.6 is 0 Å². The summed E-state index contributed by atoms with van der Waals surface area (Å²) < 4.78 is 5.45. The highest BCUT2D eigenvalue weighted by atomic mass is 16.5. The minimum absolute atomic E-state index is 0.0643. The second kappa shape index (κ2) is 6.70. The van der Waals surface area contributed by atoms with Gasteiger partial charge in [-0.15, -0.1) is 0 Å². The van der Waals surface area contributed by atoms with Crippen molar-refractivity contribution in [2.24, 2.45) is 5.92 Å². The van der Waals surface area contributed by atoms with E-state index < -0.39 is 0 Å². The summed E-state index contributed by atoms with van der Waals surface area (Å²) in [6, 6.07) is 1.62. The summed E-state index contributed by atoms with van der Waals surface area (Å²) in [4.78, 5) is 26.7. The van der Waals surface area contributed by atoms with E-state index in [0.29, 0.717) is 30.1 Å². The van der Waals surface area contributed by atoms with Crippen molar-refractivity contribution in [3.05, 3.63) is 23.5 Å². The highest BCUT2D eigenvalue weighted by molar-refractivity contribution is 6.00. The van der Waals surface area contributed by atoms with Crippen molar-refractivity contribution < 1.29 is 14.3 Å². The van der Waals surface area contributed by atoms with Gasteiger partial charge in [0.05, 0.1) is 6.10 Å². The molecule has 0 bridgehead atoms. The first-order chi connectivity index (χ1) is 9.56. The van der Waals surface area contributed by atoms with Crippen molar-refractivity contribution in [2.75, 3.05) is 13.2 Å². The highest BCUT2D eigenvalue weighted by Gasteiger charge is 2.18. The normalized spacial score (nSPS) is 18.4. The molecule has 0 saturated carbocycles. The van der Waals surface area contributed by atoms with Gasteiger partial charge in [0.25, 0.3) is 5.91 Å². The summed E-state index contributed by atoms with van der Waals surface area (Å²) in [6.45, 7) is 5.30. The summed E-state index contributed by atoms with van der Waals surface area (Å²) in [5.41, 5.74) is 0.996. The van der Waals surface area contributed by atoms with Gasteiger partial charge in [-0.1, -0.05) is 13.8 Å². The van der Waals surface area contributed by atoms with Gasteiger partial charge in [-0.25, -0.2) is 0 Å². The number of Topliss-reactive ketones (excluding diaryl/α,β-unsaturated/α-hetero) is 1. The van der Waals surface area contributed by atoms with Crippen LogP contribution in [0.25, 0.3) is 0 Å². The quantitative estimate of drug-likeness (QED) is 0.783. The minimum atomic E-state index is -0.191. The summed E-state index contributed by atoms with van der Waals surface area (Å²) in [6.07, 6.45) is 4.26. The number of ketones is 1. The van der Waals surface area contributed by atoms with E-state index in [1.54, 1.807) is 12.3 Å². The predicted octanol–water partition coefficient (Wildman–Crippen LogP) is 2.15. The summed E-state index contributed by atoms with van der Waals surface area (Å²) in [5, 5.41) is 2.83. The molecule has 1 atom stereocenters. The Bertz CT molecular complexity index is 473. The molecule has 0 aliphatic carbocycles. The van der Waals surface area contributed by atoms with Crippen molar-refractivity contribution in [2.45, 2.75) is 39.2 Å². The molecule has 1 fully saturated rings. The van der Waals surface area contributed by atoms with Crippen LogP contribution in [0.3, 0.4) is 0 Å². The van der Waals surface area contributed by atoms with Crippen molar-refractivity contribution in [3.63, 3.8) is 0 Å². The van der Waals surface area contributed by atoms with Crippen LogP contribution in [0.4, 0.5) is 0 Å². The van der Waals surface area contributed by atoms with Gasteiger partial charge < -0.3 is 15.0 Å². The first-order valence-electron chi connectivity index (χ1n) is 7.17. The molecule has 5 heteroatoms. The summed E-state index contributed by atoms with van der Waals surface area (Å²) in [5.74, 6) is 0.188. The molecule has 110 valence electrons. The molecular weight excluding hydrogens is 256 g/mol. The van der Waals surface area contributed by atoms with E-state index in [1.807, 2.05) is 13.8 Å². The Labute approximate surface area is 119 Å². The van der Waals surface area contributed by atoms with Crippen LogP contribution < -0.4 is 5.32 Å². The predicted molar refractivity (Wildman–Crippen MR) is 75.9 cm³/mol. The van der Waals surface area contributed by atoms with Crippen LogP contribution in [0.5, 0.6) is 0 Å². The zero-order valence-corrected chi connectivity index (χ0v) is 12.1. The van der Waals surface area contributed by atoms with Gasteiger partial charge in [-0.05, 0) is 24.8 Å². The van der Waals surface area contributed by atoms with Crippen LogP contribution in [0, 0.1) is 5.92 Å². The third kappa shape index (κ3) is 3.93. The largest absolute Gasteiger partial charge is 0.376 e.